The normalized spacial score (nSPS) is 11.4. The number of hydrogen-bond acceptors (Lipinski definition) is 4. The van der Waals surface area contributed by atoms with Gasteiger partial charge >= 0.3 is 0 Å². The molecule has 0 aliphatic carbocycles. The lowest BCUT2D eigenvalue weighted by atomic mass is 9.98. The van der Waals surface area contributed by atoms with Crippen molar-refractivity contribution in [2.24, 2.45) is 0 Å². The van der Waals surface area contributed by atoms with Gasteiger partial charge in [0.15, 0.2) is 17.5 Å². The molecule has 0 fully saturated rings. The minimum atomic E-state index is 0.634. The first kappa shape index (κ1) is 27.0. The van der Waals surface area contributed by atoms with Crippen molar-refractivity contribution < 1.29 is 4.42 Å². The zero-order chi connectivity index (χ0) is 31.2. The van der Waals surface area contributed by atoms with Crippen LogP contribution in [0.1, 0.15) is 0 Å². The Balaban J connectivity index is 1.13. The summed E-state index contributed by atoms with van der Waals surface area (Å²) in [5.74, 6) is 1.92. The van der Waals surface area contributed by atoms with Crippen LogP contribution in [0.25, 0.3) is 89.1 Å². The van der Waals surface area contributed by atoms with Crippen LogP contribution in [0.5, 0.6) is 0 Å². The number of rotatable bonds is 5. The maximum absolute atomic E-state index is 6.13. The van der Waals surface area contributed by atoms with Gasteiger partial charge in [-0.2, -0.15) is 0 Å². The fourth-order valence-electron chi connectivity index (χ4n) is 6.28. The number of fused-ring (bicyclic) bond motifs is 4. The van der Waals surface area contributed by atoms with Crippen molar-refractivity contribution in [2.75, 3.05) is 0 Å². The van der Waals surface area contributed by atoms with Crippen LogP contribution in [0.15, 0.2) is 168 Å². The molecule has 0 aliphatic rings. The Bertz CT molecular complexity index is 2550. The minimum Gasteiger partial charge on any atom is -0.456 e. The quantitative estimate of drug-likeness (QED) is 0.197. The van der Waals surface area contributed by atoms with E-state index in [2.05, 4.69) is 115 Å². The number of aromatic nitrogens is 3. The van der Waals surface area contributed by atoms with Crippen molar-refractivity contribution in [2.45, 2.75) is 0 Å². The molecule has 2 aromatic heterocycles. The molecule has 0 N–H and O–H groups in total. The van der Waals surface area contributed by atoms with E-state index in [0.717, 1.165) is 60.7 Å². The third-order valence-corrected chi connectivity index (χ3v) is 8.71. The fourth-order valence-corrected chi connectivity index (χ4v) is 6.28. The third-order valence-electron chi connectivity index (χ3n) is 8.71. The molecule has 4 heteroatoms. The van der Waals surface area contributed by atoms with Gasteiger partial charge in [-0.1, -0.05) is 133 Å². The van der Waals surface area contributed by atoms with Crippen LogP contribution >= 0.6 is 0 Å². The van der Waals surface area contributed by atoms with Gasteiger partial charge in [-0.15, -0.1) is 0 Å². The Morgan fingerprint density at radius 2 is 0.830 bits per heavy atom. The molecule has 0 spiro atoms. The van der Waals surface area contributed by atoms with Crippen molar-refractivity contribution in [3.05, 3.63) is 164 Å². The first-order chi connectivity index (χ1) is 23.2. The summed E-state index contributed by atoms with van der Waals surface area (Å²) in [4.78, 5) is 14.9. The first-order valence-electron chi connectivity index (χ1n) is 15.7. The van der Waals surface area contributed by atoms with Crippen LogP contribution < -0.4 is 0 Å². The Morgan fingerprint density at radius 1 is 0.298 bits per heavy atom. The lowest BCUT2D eigenvalue weighted by Gasteiger charge is -2.10. The molecule has 2 heterocycles. The average Bonchev–Trinajstić information content (AvgIpc) is 3.51. The van der Waals surface area contributed by atoms with E-state index >= 15 is 0 Å². The second-order valence-electron chi connectivity index (χ2n) is 11.7. The smallest absolute Gasteiger partial charge is 0.164 e. The molecule has 0 amide bonds. The summed E-state index contributed by atoms with van der Waals surface area (Å²) < 4.78 is 6.13. The van der Waals surface area contributed by atoms with Gasteiger partial charge < -0.3 is 4.42 Å². The topological polar surface area (TPSA) is 51.8 Å². The molecular weight excluding hydrogens is 574 g/mol. The highest BCUT2D eigenvalue weighted by atomic mass is 16.3. The number of benzene rings is 7. The first-order valence-corrected chi connectivity index (χ1v) is 15.7. The van der Waals surface area contributed by atoms with E-state index in [9.17, 15) is 0 Å². The third kappa shape index (κ3) is 5.02. The van der Waals surface area contributed by atoms with E-state index in [4.69, 9.17) is 19.4 Å². The van der Waals surface area contributed by atoms with Crippen LogP contribution in [0, 0.1) is 0 Å². The molecule has 4 nitrogen and oxygen atoms in total. The Labute approximate surface area is 271 Å². The van der Waals surface area contributed by atoms with E-state index in [1.807, 2.05) is 48.5 Å². The fraction of sp³-hybridized carbons (Fsp3) is 0. The maximum Gasteiger partial charge on any atom is 0.164 e. The van der Waals surface area contributed by atoms with Gasteiger partial charge in [-0.3, -0.25) is 0 Å². The van der Waals surface area contributed by atoms with Crippen molar-refractivity contribution in [3.8, 4) is 56.4 Å². The summed E-state index contributed by atoms with van der Waals surface area (Å²) in [5.41, 5.74) is 9.17. The summed E-state index contributed by atoms with van der Waals surface area (Å²) in [5, 5.41) is 4.57. The second kappa shape index (κ2) is 11.2. The van der Waals surface area contributed by atoms with Crippen LogP contribution in [0.2, 0.25) is 0 Å². The molecule has 9 rings (SSSR count). The Kier molecular flexibility index (Phi) is 6.43. The molecule has 0 unspecified atom stereocenters. The molecular formula is C43H27N3O. The van der Waals surface area contributed by atoms with E-state index in [-0.39, 0.29) is 0 Å². The standard InChI is InChI=1S/C43H27N3O/c1-3-10-28(11-4-1)29-18-20-31(21-19-29)42-44-41(30-12-5-2-6-13-30)45-43(46-42)35-15-9-14-32(24-35)33-22-23-34-27-40-38(26-36(34)25-33)37-16-7-8-17-39(37)47-40/h1-27H. The number of nitrogens with zero attached hydrogens (tertiary/aromatic N) is 3. The van der Waals surface area contributed by atoms with Gasteiger partial charge in [-0.25, -0.2) is 15.0 Å². The Morgan fingerprint density at radius 3 is 1.60 bits per heavy atom. The molecule has 220 valence electrons. The highest BCUT2D eigenvalue weighted by Crippen LogP contribution is 2.35. The minimum absolute atomic E-state index is 0.634. The molecule has 0 bridgehead atoms. The van der Waals surface area contributed by atoms with Crippen LogP contribution in [-0.4, -0.2) is 15.0 Å². The summed E-state index contributed by atoms with van der Waals surface area (Å²) in [6.07, 6.45) is 0. The zero-order valence-corrected chi connectivity index (χ0v) is 25.3. The molecule has 0 saturated carbocycles. The zero-order valence-electron chi connectivity index (χ0n) is 25.3. The van der Waals surface area contributed by atoms with E-state index in [1.54, 1.807) is 0 Å². The van der Waals surface area contributed by atoms with Gasteiger partial charge in [0.1, 0.15) is 11.2 Å². The molecule has 47 heavy (non-hydrogen) atoms. The van der Waals surface area contributed by atoms with Crippen LogP contribution in [0.3, 0.4) is 0 Å². The maximum atomic E-state index is 6.13. The SMILES string of the molecule is c1ccc(-c2ccc(-c3nc(-c4ccccc4)nc(-c4cccc(-c5ccc6cc7oc8ccccc8c7cc6c5)c4)n3)cc2)cc1. The van der Waals surface area contributed by atoms with Crippen LogP contribution in [-0.2, 0) is 0 Å². The lowest BCUT2D eigenvalue weighted by molar-refractivity contribution is 0.669. The monoisotopic (exact) mass is 601 g/mol. The van der Waals surface area contributed by atoms with Gasteiger partial charge in [-0.05, 0) is 63.4 Å². The van der Waals surface area contributed by atoms with E-state index in [1.165, 1.54) is 10.9 Å². The van der Waals surface area contributed by atoms with Crippen LogP contribution in [0.4, 0.5) is 0 Å². The van der Waals surface area contributed by atoms with Crippen molar-refractivity contribution in [1.29, 1.82) is 0 Å². The van der Waals surface area contributed by atoms with Gasteiger partial charge in [0, 0.05) is 27.5 Å². The number of furan rings is 1. The van der Waals surface area contributed by atoms with E-state index < -0.39 is 0 Å². The predicted octanol–water partition coefficient (Wildman–Crippen LogP) is 11.3. The molecule has 9 aromatic rings. The second-order valence-corrected chi connectivity index (χ2v) is 11.7. The Hall–Kier alpha value is -6.39. The molecule has 0 radical (unpaired) electrons. The molecule has 0 aliphatic heterocycles. The molecule has 0 atom stereocenters. The summed E-state index contributed by atoms with van der Waals surface area (Å²) in [6.45, 7) is 0. The molecule has 0 saturated heterocycles. The largest absolute Gasteiger partial charge is 0.456 e. The lowest BCUT2D eigenvalue weighted by Crippen LogP contribution is -2.00. The van der Waals surface area contributed by atoms with Gasteiger partial charge in [0.05, 0.1) is 0 Å². The van der Waals surface area contributed by atoms with Crippen molar-refractivity contribution >= 4 is 32.7 Å². The summed E-state index contributed by atoms with van der Waals surface area (Å²) in [7, 11) is 0. The average molecular weight is 602 g/mol. The predicted molar refractivity (Wildman–Crippen MR) is 192 cm³/mol. The highest BCUT2D eigenvalue weighted by molar-refractivity contribution is 6.10. The van der Waals surface area contributed by atoms with Crippen molar-refractivity contribution in [1.82, 2.24) is 15.0 Å². The van der Waals surface area contributed by atoms with Gasteiger partial charge in [0.2, 0.25) is 0 Å². The number of para-hydroxylation sites is 1. The summed E-state index contributed by atoms with van der Waals surface area (Å²) in [6, 6.07) is 56.5. The highest BCUT2D eigenvalue weighted by Gasteiger charge is 2.14. The van der Waals surface area contributed by atoms with Crippen molar-refractivity contribution in [3.63, 3.8) is 0 Å². The summed E-state index contributed by atoms with van der Waals surface area (Å²) >= 11 is 0. The van der Waals surface area contributed by atoms with Gasteiger partial charge in [0.25, 0.3) is 0 Å². The van der Waals surface area contributed by atoms with E-state index in [0.29, 0.717) is 17.5 Å². The number of hydrogen-bond donors (Lipinski definition) is 0. The molecule has 7 aromatic carbocycles.